The highest BCUT2D eigenvalue weighted by Crippen LogP contribution is 2.28. The number of hydrogen-bond donors (Lipinski definition) is 3. The minimum Gasteiger partial charge on any atom is -0.496 e. The lowest BCUT2D eigenvalue weighted by Crippen LogP contribution is -2.20. The van der Waals surface area contributed by atoms with Crippen molar-refractivity contribution in [3.63, 3.8) is 0 Å². The zero-order valence-corrected chi connectivity index (χ0v) is 11.2. The van der Waals surface area contributed by atoms with Gasteiger partial charge in [-0.1, -0.05) is 6.92 Å². The van der Waals surface area contributed by atoms with Crippen LogP contribution >= 0.6 is 0 Å². The number of carbonyl (C=O) groups excluding carboxylic acids is 1. The molecule has 4 N–H and O–H groups in total. The average molecular weight is 266 g/mol. The summed E-state index contributed by atoms with van der Waals surface area (Å²) >= 11 is 0. The summed E-state index contributed by atoms with van der Waals surface area (Å²) in [7, 11) is 1.34. The van der Waals surface area contributed by atoms with Crippen molar-refractivity contribution in [1.29, 1.82) is 0 Å². The van der Waals surface area contributed by atoms with Crippen molar-refractivity contribution in [1.82, 2.24) is 0 Å². The molecular formula is C13H18N2O4. The Morgan fingerprint density at radius 2 is 2.05 bits per heavy atom. The highest BCUT2D eigenvalue weighted by molar-refractivity contribution is 6.02. The number of hydrogen-bond acceptors (Lipinski definition) is 4. The number of carboxylic acids is 1. The number of nitrogens with one attached hydrogen (secondary N) is 1. The van der Waals surface area contributed by atoms with Crippen molar-refractivity contribution in [2.75, 3.05) is 12.4 Å². The molecule has 1 amide bonds. The first kappa shape index (κ1) is 14.8. The highest BCUT2D eigenvalue weighted by Gasteiger charge is 2.18. The second-order valence-electron chi connectivity index (χ2n) is 4.22. The smallest absolute Gasteiger partial charge is 0.339 e. The molecule has 1 atom stereocenters. The first-order chi connectivity index (χ1) is 8.90. The highest BCUT2D eigenvalue weighted by atomic mass is 16.5. The molecule has 1 aromatic rings. The monoisotopic (exact) mass is 266 g/mol. The largest absolute Gasteiger partial charge is 0.496 e. The number of carbonyl (C=O) groups is 2. The minimum absolute atomic E-state index is 0.0155. The van der Waals surface area contributed by atoms with Crippen molar-refractivity contribution in [2.45, 2.75) is 26.3 Å². The summed E-state index contributed by atoms with van der Waals surface area (Å²) in [5.41, 5.74) is 5.90. The van der Waals surface area contributed by atoms with Crippen LogP contribution in [0.15, 0.2) is 12.1 Å². The molecule has 0 saturated carbocycles. The van der Waals surface area contributed by atoms with Crippen LogP contribution in [0.1, 0.15) is 41.0 Å². The van der Waals surface area contributed by atoms with Crippen molar-refractivity contribution < 1.29 is 19.4 Å². The zero-order chi connectivity index (χ0) is 14.6. The topological polar surface area (TPSA) is 102 Å². The third-order valence-electron chi connectivity index (χ3n) is 2.85. The van der Waals surface area contributed by atoms with E-state index in [0.717, 1.165) is 6.42 Å². The van der Waals surface area contributed by atoms with Gasteiger partial charge in [-0.3, -0.25) is 4.79 Å². The lowest BCUT2D eigenvalue weighted by Gasteiger charge is -2.17. The average Bonchev–Trinajstić information content (AvgIpc) is 2.37. The zero-order valence-electron chi connectivity index (χ0n) is 11.2. The molecule has 0 aliphatic rings. The Morgan fingerprint density at radius 1 is 1.42 bits per heavy atom. The van der Waals surface area contributed by atoms with Crippen LogP contribution in [0.4, 0.5) is 5.69 Å². The molecule has 0 radical (unpaired) electrons. The van der Waals surface area contributed by atoms with E-state index in [1.165, 1.54) is 19.2 Å². The van der Waals surface area contributed by atoms with Gasteiger partial charge in [0.15, 0.2) is 0 Å². The molecule has 0 aliphatic heterocycles. The summed E-state index contributed by atoms with van der Waals surface area (Å²) in [6, 6.07) is 2.80. The van der Waals surface area contributed by atoms with E-state index in [0.29, 0.717) is 5.69 Å². The van der Waals surface area contributed by atoms with Crippen LogP contribution in [0.25, 0.3) is 0 Å². The second-order valence-corrected chi connectivity index (χ2v) is 4.22. The molecule has 1 aromatic carbocycles. The maximum Gasteiger partial charge on any atom is 0.339 e. The molecule has 6 nitrogen and oxygen atoms in total. The lowest BCUT2D eigenvalue weighted by atomic mass is 10.1. The van der Waals surface area contributed by atoms with Crippen molar-refractivity contribution in [3.05, 3.63) is 23.3 Å². The SMILES string of the molecule is CC[C@@H](C)Nc1cc(C(=O)O)c(OC)cc1C(N)=O. The molecule has 104 valence electrons. The van der Waals surface area contributed by atoms with Gasteiger partial charge in [-0.2, -0.15) is 0 Å². The molecule has 19 heavy (non-hydrogen) atoms. The van der Waals surface area contributed by atoms with Gasteiger partial charge < -0.3 is 20.9 Å². The van der Waals surface area contributed by atoms with Gasteiger partial charge in [0.1, 0.15) is 11.3 Å². The van der Waals surface area contributed by atoms with Crippen LogP contribution in [0, 0.1) is 0 Å². The van der Waals surface area contributed by atoms with Crippen LogP contribution in [0.5, 0.6) is 5.75 Å². The van der Waals surface area contributed by atoms with Gasteiger partial charge in [-0.05, 0) is 25.5 Å². The first-order valence-electron chi connectivity index (χ1n) is 5.92. The Morgan fingerprint density at radius 3 is 2.47 bits per heavy atom. The summed E-state index contributed by atoms with van der Waals surface area (Å²) < 4.78 is 4.97. The summed E-state index contributed by atoms with van der Waals surface area (Å²) in [4.78, 5) is 22.6. The van der Waals surface area contributed by atoms with Crippen LogP contribution in [0.3, 0.4) is 0 Å². The summed E-state index contributed by atoms with van der Waals surface area (Å²) in [6.07, 6.45) is 0.826. The third kappa shape index (κ3) is 3.37. The lowest BCUT2D eigenvalue weighted by molar-refractivity contribution is 0.0692. The summed E-state index contributed by atoms with van der Waals surface area (Å²) in [5, 5.41) is 12.2. The second kappa shape index (κ2) is 6.08. The van der Waals surface area contributed by atoms with E-state index in [2.05, 4.69) is 5.32 Å². The van der Waals surface area contributed by atoms with Gasteiger partial charge >= 0.3 is 5.97 Å². The predicted octanol–water partition coefficient (Wildman–Crippen LogP) is 1.70. The Kier molecular flexibility index (Phi) is 4.74. The Labute approximate surface area is 111 Å². The van der Waals surface area contributed by atoms with E-state index >= 15 is 0 Å². The van der Waals surface area contributed by atoms with Crippen LogP contribution in [0.2, 0.25) is 0 Å². The number of amides is 1. The number of nitrogens with two attached hydrogens (primary N) is 1. The van der Waals surface area contributed by atoms with E-state index in [9.17, 15) is 9.59 Å². The molecule has 0 fully saturated rings. The van der Waals surface area contributed by atoms with Crippen molar-refractivity contribution in [2.24, 2.45) is 5.73 Å². The number of aromatic carboxylic acids is 1. The predicted molar refractivity (Wildman–Crippen MR) is 71.8 cm³/mol. The number of ether oxygens (including phenoxy) is 1. The fourth-order valence-corrected chi connectivity index (χ4v) is 1.61. The number of rotatable bonds is 6. The number of carboxylic acid groups (broad SMARTS) is 1. The standard InChI is InChI=1S/C13H18N2O4/c1-4-7(2)15-10-5-9(13(17)18)11(19-3)6-8(10)12(14)16/h5-7,15H,4H2,1-3H3,(H2,14,16)(H,17,18)/t7-/m1/s1. The summed E-state index contributed by atoms with van der Waals surface area (Å²) in [5.74, 6) is -1.66. The van der Waals surface area contributed by atoms with Gasteiger partial charge in [0.25, 0.3) is 5.91 Å². The number of anilines is 1. The van der Waals surface area contributed by atoms with Crippen molar-refractivity contribution in [3.8, 4) is 5.75 Å². The Bertz CT molecular complexity index is 500. The molecular weight excluding hydrogens is 248 g/mol. The minimum atomic E-state index is -1.12. The van der Waals surface area contributed by atoms with Crippen LogP contribution < -0.4 is 15.8 Å². The van der Waals surface area contributed by atoms with E-state index in [1.54, 1.807) is 0 Å². The number of benzene rings is 1. The van der Waals surface area contributed by atoms with Crippen LogP contribution in [-0.4, -0.2) is 30.1 Å². The van der Waals surface area contributed by atoms with E-state index in [-0.39, 0.29) is 22.9 Å². The van der Waals surface area contributed by atoms with Gasteiger partial charge in [0.2, 0.25) is 0 Å². The van der Waals surface area contributed by atoms with Gasteiger partial charge in [-0.25, -0.2) is 4.79 Å². The molecule has 0 saturated heterocycles. The van der Waals surface area contributed by atoms with Gasteiger partial charge in [0, 0.05) is 11.7 Å². The first-order valence-corrected chi connectivity index (χ1v) is 5.92. The third-order valence-corrected chi connectivity index (χ3v) is 2.85. The normalized spacial score (nSPS) is 11.7. The van der Waals surface area contributed by atoms with Crippen LogP contribution in [-0.2, 0) is 0 Å². The molecule has 0 aliphatic carbocycles. The van der Waals surface area contributed by atoms with E-state index < -0.39 is 11.9 Å². The quantitative estimate of drug-likeness (QED) is 0.727. The van der Waals surface area contributed by atoms with E-state index in [1.807, 2.05) is 13.8 Å². The molecule has 1 rings (SSSR count). The Hall–Kier alpha value is -2.24. The fraction of sp³-hybridized carbons (Fsp3) is 0.385. The molecule has 6 heteroatoms. The summed E-state index contributed by atoms with van der Waals surface area (Å²) in [6.45, 7) is 3.90. The molecule has 0 spiro atoms. The maximum atomic E-state index is 11.4. The fourth-order valence-electron chi connectivity index (χ4n) is 1.61. The van der Waals surface area contributed by atoms with E-state index in [4.69, 9.17) is 15.6 Å². The van der Waals surface area contributed by atoms with Gasteiger partial charge in [0.05, 0.1) is 12.7 Å². The molecule has 0 aromatic heterocycles. The van der Waals surface area contributed by atoms with Crippen molar-refractivity contribution >= 4 is 17.6 Å². The Balaban J connectivity index is 3.36. The molecule has 0 unspecified atom stereocenters. The number of methoxy groups -OCH3 is 1. The molecule has 0 heterocycles. The number of primary amides is 1. The molecule has 0 bridgehead atoms. The maximum absolute atomic E-state index is 11.4. The van der Waals surface area contributed by atoms with Gasteiger partial charge in [-0.15, -0.1) is 0 Å².